The standard InChI is InChI=1S/C16H13FN2O2/c1-10-7-12(8-13(9-18)16(20)21)11(2)19(10)15-5-3-14(17)4-6-15/h3-8H,1-2H3,(H,20,21)/b13-8+. The third-order valence-electron chi connectivity index (χ3n) is 3.21. The molecule has 4 nitrogen and oxygen atoms in total. The van der Waals surface area contributed by atoms with Crippen LogP contribution in [0.1, 0.15) is 17.0 Å². The normalized spacial score (nSPS) is 11.2. The molecule has 1 N–H and O–H groups in total. The SMILES string of the molecule is Cc1cc(/C=C(\C#N)C(=O)O)c(C)n1-c1ccc(F)cc1. The molecular weight excluding hydrogens is 271 g/mol. The van der Waals surface area contributed by atoms with Crippen molar-refractivity contribution in [2.45, 2.75) is 13.8 Å². The van der Waals surface area contributed by atoms with Gasteiger partial charge in [-0.05, 0) is 55.8 Å². The Morgan fingerprint density at radius 2 is 1.95 bits per heavy atom. The Morgan fingerprint density at radius 1 is 1.33 bits per heavy atom. The molecule has 0 saturated carbocycles. The van der Waals surface area contributed by atoms with Crippen LogP contribution >= 0.6 is 0 Å². The van der Waals surface area contributed by atoms with Crippen LogP contribution in [0, 0.1) is 31.0 Å². The topological polar surface area (TPSA) is 66.0 Å². The average Bonchev–Trinajstić information content (AvgIpc) is 2.71. The second kappa shape index (κ2) is 5.63. The number of carboxylic acids is 1. The van der Waals surface area contributed by atoms with E-state index in [4.69, 9.17) is 10.4 Å². The number of nitriles is 1. The van der Waals surface area contributed by atoms with Crippen LogP contribution in [-0.4, -0.2) is 15.6 Å². The van der Waals surface area contributed by atoms with Crippen molar-refractivity contribution in [1.29, 1.82) is 5.26 Å². The monoisotopic (exact) mass is 284 g/mol. The minimum absolute atomic E-state index is 0.320. The Hall–Kier alpha value is -2.87. The Kier molecular flexibility index (Phi) is 3.90. The minimum atomic E-state index is -1.26. The van der Waals surface area contributed by atoms with Crippen molar-refractivity contribution in [2.24, 2.45) is 0 Å². The summed E-state index contributed by atoms with van der Waals surface area (Å²) in [7, 11) is 0. The van der Waals surface area contributed by atoms with Crippen molar-refractivity contribution < 1.29 is 14.3 Å². The number of aliphatic carboxylic acids is 1. The van der Waals surface area contributed by atoms with Gasteiger partial charge >= 0.3 is 5.97 Å². The van der Waals surface area contributed by atoms with E-state index in [0.29, 0.717) is 5.56 Å². The largest absolute Gasteiger partial charge is 0.477 e. The molecule has 0 aliphatic heterocycles. The van der Waals surface area contributed by atoms with Crippen molar-refractivity contribution in [1.82, 2.24) is 4.57 Å². The van der Waals surface area contributed by atoms with Crippen LogP contribution in [0.15, 0.2) is 35.9 Å². The van der Waals surface area contributed by atoms with E-state index in [9.17, 15) is 9.18 Å². The molecule has 1 aromatic carbocycles. The van der Waals surface area contributed by atoms with Gasteiger partial charge in [-0.1, -0.05) is 0 Å². The first-order valence-electron chi connectivity index (χ1n) is 6.24. The molecule has 0 atom stereocenters. The highest BCUT2D eigenvalue weighted by Crippen LogP contribution is 2.23. The molecule has 0 amide bonds. The van der Waals surface area contributed by atoms with E-state index in [1.165, 1.54) is 18.2 Å². The molecule has 0 fully saturated rings. The zero-order valence-corrected chi connectivity index (χ0v) is 11.6. The van der Waals surface area contributed by atoms with Gasteiger partial charge in [0.1, 0.15) is 17.5 Å². The van der Waals surface area contributed by atoms with Crippen LogP contribution < -0.4 is 0 Å². The van der Waals surface area contributed by atoms with E-state index < -0.39 is 5.97 Å². The fraction of sp³-hybridized carbons (Fsp3) is 0.125. The van der Waals surface area contributed by atoms with E-state index in [0.717, 1.165) is 17.1 Å². The molecule has 5 heteroatoms. The van der Waals surface area contributed by atoms with Gasteiger partial charge in [0.05, 0.1) is 0 Å². The molecule has 0 unspecified atom stereocenters. The Balaban J connectivity index is 2.55. The van der Waals surface area contributed by atoms with Gasteiger partial charge in [0, 0.05) is 17.1 Å². The van der Waals surface area contributed by atoms with Crippen molar-refractivity contribution >= 4 is 12.0 Å². The predicted octanol–water partition coefficient (Wildman–Crippen LogP) is 3.22. The van der Waals surface area contributed by atoms with Gasteiger partial charge in [-0.25, -0.2) is 9.18 Å². The summed E-state index contributed by atoms with van der Waals surface area (Å²) in [5.74, 6) is -1.58. The molecule has 0 spiro atoms. The van der Waals surface area contributed by atoms with Crippen LogP contribution in [0.2, 0.25) is 0 Å². The van der Waals surface area contributed by atoms with Crippen LogP contribution in [0.5, 0.6) is 0 Å². The first kappa shape index (κ1) is 14.5. The number of hydrogen-bond acceptors (Lipinski definition) is 2. The summed E-state index contributed by atoms with van der Waals surface area (Å²) in [5.41, 5.74) is 2.76. The lowest BCUT2D eigenvalue weighted by molar-refractivity contribution is -0.132. The second-order valence-electron chi connectivity index (χ2n) is 4.61. The number of halogens is 1. The molecule has 0 aliphatic carbocycles. The smallest absolute Gasteiger partial charge is 0.346 e. The summed E-state index contributed by atoms with van der Waals surface area (Å²) in [4.78, 5) is 10.9. The number of benzene rings is 1. The highest BCUT2D eigenvalue weighted by atomic mass is 19.1. The quantitative estimate of drug-likeness (QED) is 0.695. The number of aromatic nitrogens is 1. The van der Waals surface area contributed by atoms with Gasteiger partial charge in [-0.15, -0.1) is 0 Å². The lowest BCUT2D eigenvalue weighted by Gasteiger charge is -2.09. The molecule has 0 bridgehead atoms. The summed E-state index contributed by atoms with van der Waals surface area (Å²) < 4.78 is 14.9. The maximum absolute atomic E-state index is 13.0. The summed E-state index contributed by atoms with van der Waals surface area (Å²) in [5, 5.41) is 17.7. The molecule has 2 rings (SSSR count). The van der Waals surface area contributed by atoms with Crippen LogP contribution in [-0.2, 0) is 4.79 Å². The van der Waals surface area contributed by atoms with Gasteiger partial charge in [0.25, 0.3) is 0 Å². The molecule has 0 saturated heterocycles. The number of rotatable bonds is 3. The Labute approximate surface area is 121 Å². The summed E-state index contributed by atoms with van der Waals surface area (Å²) >= 11 is 0. The number of nitrogens with zero attached hydrogens (tertiary/aromatic N) is 2. The molecular formula is C16H13FN2O2. The summed E-state index contributed by atoms with van der Waals surface area (Å²) in [6.45, 7) is 3.68. The van der Waals surface area contributed by atoms with Crippen LogP contribution in [0.3, 0.4) is 0 Å². The molecule has 2 aromatic rings. The van der Waals surface area contributed by atoms with Gasteiger partial charge in [-0.2, -0.15) is 5.26 Å². The van der Waals surface area contributed by atoms with Crippen molar-refractivity contribution in [2.75, 3.05) is 0 Å². The summed E-state index contributed by atoms with van der Waals surface area (Å²) in [6, 6.07) is 9.46. The fourth-order valence-corrected chi connectivity index (χ4v) is 2.22. The third kappa shape index (κ3) is 2.84. The average molecular weight is 284 g/mol. The first-order chi connectivity index (χ1) is 9.93. The minimum Gasteiger partial charge on any atom is -0.477 e. The molecule has 21 heavy (non-hydrogen) atoms. The second-order valence-corrected chi connectivity index (χ2v) is 4.61. The lowest BCUT2D eigenvalue weighted by atomic mass is 10.1. The van der Waals surface area contributed by atoms with Gasteiger partial charge < -0.3 is 9.67 Å². The van der Waals surface area contributed by atoms with Gasteiger partial charge in [0.2, 0.25) is 0 Å². The maximum Gasteiger partial charge on any atom is 0.346 e. The highest BCUT2D eigenvalue weighted by Gasteiger charge is 2.12. The molecule has 0 radical (unpaired) electrons. The molecule has 1 heterocycles. The maximum atomic E-state index is 13.0. The fourth-order valence-electron chi connectivity index (χ4n) is 2.22. The van der Waals surface area contributed by atoms with Crippen LogP contribution in [0.4, 0.5) is 4.39 Å². The van der Waals surface area contributed by atoms with E-state index in [2.05, 4.69) is 0 Å². The molecule has 106 valence electrons. The molecule has 1 aromatic heterocycles. The third-order valence-corrected chi connectivity index (χ3v) is 3.21. The van der Waals surface area contributed by atoms with Gasteiger partial charge in [0.15, 0.2) is 0 Å². The van der Waals surface area contributed by atoms with Crippen molar-refractivity contribution in [3.8, 4) is 11.8 Å². The zero-order chi connectivity index (χ0) is 15.6. The first-order valence-corrected chi connectivity index (χ1v) is 6.24. The van der Waals surface area contributed by atoms with Crippen LogP contribution in [0.25, 0.3) is 11.8 Å². The highest BCUT2D eigenvalue weighted by molar-refractivity contribution is 5.96. The van der Waals surface area contributed by atoms with E-state index in [1.54, 1.807) is 24.3 Å². The number of carbonyl (C=O) groups is 1. The van der Waals surface area contributed by atoms with E-state index >= 15 is 0 Å². The summed E-state index contributed by atoms with van der Waals surface area (Å²) in [6.07, 6.45) is 1.34. The Morgan fingerprint density at radius 3 is 2.48 bits per heavy atom. The molecule has 0 aliphatic rings. The lowest BCUT2D eigenvalue weighted by Crippen LogP contribution is -2.00. The zero-order valence-electron chi connectivity index (χ0n) is 11.6. The Bertz CT molecular complexity index is 765. The van der Waals surface area contributed by atoms with Crippen molar-refractivity contribution in [3.63, 3.8) is 0 Å². The number of aryl methyl sites for hydroxylation is 1. The predicted molar refractivity (Wildman–Crippen MR) is 76.4 cm³/mol. The number of hydrogen-bond donors (Lipinski definition) is 1. The van der Waals surface area contributed by atoms with Gasteiger partial charge in [-0.3, -0.25) is 0 Å². The number of carboxylic acid groups (broad SMARTS) is 1. The van der Waals surface area contributed by atoms with E-state index in [-0.39, 0.29) is 11.4 Å². The van der Waals surface area contributed by atoms with E-state index in [1.807, 2.05) is 18.4 Å². The van der Waals surface area contributed by atoms with Crippen molar-refractivity contribution in [3.05, 3.63) is 58.7 Å².